The predicted octanol–water partition coefficient (Wildman–Crippen LogP) is 1.87. The number of aromatic nitrogens is 3. The van der Waals surface area contributed by atoms with Gasteiger partial charge in [-0.05, 0) is 18.2 Å². The lowest BCUT2D eigenvalue weighted by Gasteiger charge is -2.09. The van der Waals surface area contributed by atoms with Crippen LogP contribution in [0, 0.1) is 0 Å². The van der Waals surface area contributed by atoms with Gasteiger partial charge in [0.05, 0.1) is 5.69 Å². The SMILES string of the molecule is O=c1ccc(-c2ccccn2)nn1CC(F)(F)F. The van der Waals surface area contributed by atoms with Crippen molar-refractivity contribution < 1.29 is 13.2 Å². The number of hydrogen-bond acceptors (Lipinski definition) is 3. The van der Waals surface area contributed by atoms with Crippen LogP contribution in [0.1, 0.15) is 0 Å². The quantitative estimate of drug-likeness (QED) is 0.823. The van der Waals surface area contributed by atoms with Crippen LogP contribution in [-0.2, 0) is 6.54 Å². The van der Waals surface area contributed by atoms with Gasteiger partial charge in [0, 0.05) is 12.3 Å². The molecule has 0 aliphatic rings. The summed E-state index contributed by atoms with van der Waals surface area (Å²) in [6.45, 7) is -1.41. The molecule has 7 heteroatoms. The lowest BCUT2D eigenvalue weighted by atomic mass is 10.2. The van der Waals surface area contributed by atoms with Crippen LogP contribution in [0.15, 0.2) is 41.3 Å². The fourth-order valence-electron chi connectivity index (χ4n) is 1.38. The second-order valence-corrected chi connectivity index (χ2v) is 3.54. The fourth-order valence-corrected chi connectivity index (χ4v) is 1.38. The molecule has 0 aromatic carbocycles. The van der Waals surface area contributed by atoms with Gasteiger partial charge < -0.3 is 0 Å². The third-order valence-corrected chi connectivity index (χ3v) is 2.12. The van der Waals surface area contributed by atoms with Crippen molar-refractivity contribution in [3.63, 3.8) is 0 Å². The lowest BCUT2D eigenvalue weighted by molar-refractivity contribution is -0.143. The Kier molecular flexibility index (Phi) is 3.14. The van der Waals surface area contributed by atoms with Gasteiger partial charge >= 0.3 is 6.18 Å². The number of nitrogens with zero attached hydrogens (tertiary/aromatic N) is 3. The van der Waals surface area contributed by atoms with Crippen LogP contribution < -0.4 is 5.56 Å². The number of rotatable bonds is 2. The third kappa shape index (κ3) is 2.93. The van der Waals surface area contributed by atoms with Gasteiger partial charge in [-0.2, -0.15) is 18.3 Å². The van der Waals surface area contributed by atoms with E-state index >= 15 is 0 Å². The van der Waals surface area contributed by atoms with E-state index < -0.39 is 18.3 Å². The Bertz CT molecular complexity index is 592. The second kappa shape index (κ2) is 4.59. The van der Waals surface area contributed by atoms with E-state index in [1.807, 2.05) is 0 Å². The van der Waals surface area contributed by atoms with Gasteiger partial charge in [0.2, 0.25) is 0 Å². The van der Waals surface area contributed by atoms with Crippen molar-refractivity contribution in [2.24, 2.45) is 0 Å². The Morgan fingerprint density at radius 3 is 2.50 bits per heavy atom. The van der Waals surface area contributed by atoms with Gasteiger partial charge in [-0.15, -0.1) is 0 Å². The molecular formula is C11H8F3N3O. The molecule has 0 N–H and O–H groups in total. The summed E-state index contributed by atoms with van der Waals surface area (Å²) in [6, 6.07) is 7.35. The van der Waals surface area contributed by atoms with Crippen LogP contribution in [-0.4, -0.2) is 20.9 Å². The molecule has 0 unspecified atom stereocenters. The molecule has 0 saturated carbocycles. The molecule has 0 fully saturated rings. The Morgan fingerprint density at radius 2 is 1.89 bits per heavy atom. The predicted molar refractivity (Wildman–Crippen MR) is 57.8 cm³/mol. The molecule has 0 aliphatic carbocycles. The highest BCUT2D eigenvalue weighted by Crippen LogP contribution is 2.17. The highest BCUT2D eigenvalue weighted by molar-refractivity contribution is 5.52. The van der Waals surface area contributed by atoms with Crippen LogP contribution in [0.2, 0.25) is 0 Å². The first kappa shape index (κ1) is 12.3. The third-order valence-electron chi connectivity index (χ3n) is 2.12. The van der Waals surface area contributed by atoms with Crippen molar-refractivity contribution in [1.82, 2.24) is 14.8 Å². The van der Waals surface area contributed by atoms with Gasteiger partial charge in [-0.1, -0.05) is 6.07 Å². The van der Waals surface area contributed by atoms with Gasteiger partial charge in [-0.3, -0.25) is 9.78 Å². The number of halogens is 3. The first-order valence-corrected chi connectivity index (χ1v) is 5.02. The second-order valence-electron chi connectivity index (χ2n) is 3.54. The minimum Gasteiger partial charge on any atom is -0.268 e. The van der Waals surface area contributed by atoms with Crippen molar-refractivity contribution in [2.75, 3.05) is 0 Å². The highest BCUT2D eigenvalue weighted by atomic mass is 19.4. The average Bonchev–Trinajstić information content (AvgIpc) is 2.31. The maximum Gasteiger partial charge on any atom is 0.408 e. The van der Waals surface area contributed by atoms with E-state index in [0.29, 0.717) is 10.4 Å². The van der Waals surface area contributed by atoms with E-state index in [1.165, 1.54) is 12.3 Å². The van der Waals surface area contributed by atoms with E-state index in [9.17, 15) is 18.0 Å². The molecule has 0 bridgehead atoms. The average molecular weight is 255 g/mol. The molecule has 2 heterocycles. The Morgan fingerprint density at radius 1 is 1.11 bits per heavy atom. The van der Waals surface area contributed by atoms with E-state index in [1.54, 1.807) is 18.2 Å². The first-order valence-electron chi connectivity index (χ1n) is 5.02. The zero-order chi connectivity index (χ0) is 13.2. The molecule has 0 spiro atoms. The summed E-state index contributed by atoms with van der Waals surface area (Å²) < 4.78 is 37.1. The molecule has 2 rings (SSSR count). The monoisotopic (exact) mass is 255 g/mol. The molecule has 0 radical (unpaired) electrons. The van der Waals surface area contributed by atoms with Gasteiger partial charge in [0.25, 0.3) is 5.56 Å². The lowest BCUT2D eigenvalue weighted by Crippen LogP contribution is -2.29. The molecule has 94 valence electrons. The minimum absolute atomic E-state index is 0.222. The molecule has 0 atom stereocenters. The van der Waals surface area contributed by atoms with Crippen LogP contribution in [0.4, 0.5) is 13.2 Å². The van der Waals surface area contributed by atoms with Crippen LogP contribution in [0.3, 0.4) is 0 Å². The topological polar surface area (TPSA) is 47.8 Å². The first-order chi connectivity index (χ1) is 8.46. The Balaban J connectivity index is 2.42. The number of hydrogen-bond donors (Lipinski definition) is 0. The molecule has 0 amide bonds. The molecular weight excluding hydrogens is 247 g/mol. The summed E-state index contributed by atoms with van der Waals surface area (Å²) >= 11 is 0. The van der Waals surface area contributed by atoms with Crippen molar-refractivity contribution >= 4 is 0 Å². The number of pyridine rings is 1. The van der Waals surface area contributed by atoms with E-state index in [0.717, 1.165) is 6.07 Å². The van der Waals surface area contributed by atoms with Crippen molar-refractivity contribution in [3.8, 4) is 11.4 Å². The molecule has 0 aliphatic heterocycles. The van der Waals surface area contributed by atoms with Crippen molar-refractivity contribution in [3.05, 3.63) is 46.9 Å². The van der Waals surface area contributed by atoms with Crippen molar-refractivity contribution in [1.29, 1.82) is 0 Å². The normalized spacial score (nSPS) is 11.5. The van der Waals surface area contributed by atoms with Crippen LogP contribution >= 0.6 is 0 Å². The summed E-state index contributed by atoms with van der Waals surface area (Å²) in [5, 5.41) is 3.65. The maximum absolute atomic E-state index is 12.2. The van der Waals surface area contributed by atoms with E-state index in [2.05, 4.69) is 10.1 Å². The fraction of sp³-hybridized carbons (Fsp3) is 0.182. The van der Waals surface area contributed by atoms with Gasteiger partial charge in [0.1, 0.15) is 12.2 Å². The molecule has 2 aromatic rings. The molecule has 0 saturated heterocycles. The number of alkyl halides is 3. The Labute approximate surface area is 99.7 Å². The van der Waals surface area contributed by atoms with Gasteiger partial charge in [-0.25, -0.2) is 4.68 Å². The van der Waals surface area contributed by atoms with Crippen LogP contribution in [0.5, 0.6) is 0 Å². The molecule has 18 heavy (non-hydrogen) atoms. The summed E-state index contributed by atoms with van der Waals surface area (Å²) in [5.41, 5.74) is -0.167. The van der Waals surface area contributed by atoms with E-state index in [-0.39, 0.29) is 5.69 Å². The minimum atomic E-state index is -4.49. The van der Waals surface area contributed by atoms with Gasteiger partial charge in [0.15, 0.2) is 0 Å². The summed E-state index contributed by atoms with van der Waals surface area (Å²) in [7, 11) is 0. The van der Waals surface area contributed by atoms with E-state index in [4.69, 9.17) is 0 Å². The zero-order valence-electron chi connectivity index (χ0n) is 9.05. The van der Waals surface area contributed by atoms with Crippen molar-refractivity contribution in [2.45, 2.75) is 12.7 Å². The highest BCUT2D eigenvalue weighted by Gasteiger charge is 2.29. The molecule has 2 aromatic heterocycles. The summed E-state index contributed by atoms with van der Waals surface area (Å²) in [5.74, 6) is 0. The molecule has 4 nitrogen and oxygen atoms in total. The Hall–Kier alpha value is -2.18. The standard InChI is InChI=1S/C11H8F3N3O/c12-11(13,14)7-17-10(18)5-4-9(16-17)8-3-1-2-6-15-8/h1-6H,7H2. The maximum atomic E-state index is 12.2. The summed E-state index contributed by atoms with van der Waals surface area (Å²) in [6.07, 6.45) is -2.99. The van der Waals surface area contributed by atoms with Crippen LogP contribution in [0.25, 0.3) is 11.4 Å². The smallest absolute Gasteiger partial charge is 0.268 e. The largest absolute Gasteiger partial charge is 0.408 e. The zero-order valence-corrected chi connectivity index (χ0v) is 9.05. The summed E-state index contributed by atoms with van der Waals surface area (Å²) in [4.78, 5) is 15.2.